The van der Waals surface area contributed by atoms with Crippen molar-refractivity contribution in [2.75, 3.05) is 0 Å². The van der Waals surface area contributed by atoms with E-state index in [0.717, 1.165) is 5.56 Å². The average Bonchev–Trinajstić information content (AvgIpc) is 2.25. The molecule has 0 fully saturated rings. The van der Waals surface area contributed by atoms with E-state index in [0.29, 0.717) is 15.8 Å². The molecule has 0 saturated carbocycles. The lowest BCUT2D eigenvalue weighted by molar-refractivity contribution is -0.121. The van der Waals surface area contributed by atoms with E-state index in [4.69, 9.17) is 23.2 Å². The molecule has 1 aromatic rings. The van der Waals surface area contributed by atoms with E-state index in [-0.39, 0.29) is 16.7 Å². The van der Waals surface area contributed by atoms with Crippen LogP contribution in [-0.2, 0) is 10.5 Å². The highest BCUT2D eigenvalue weighted by Gasteiger charge is 2.19. The molecule has 1 N–H and O–H groups in total. The number of benzene rings is 1. The number of amides is 1. The Balaban J connectivity index is 2.54. The van der Waals surface area contributed by atoms with Crippen LogP contribution in [0, 0.1) is 0 Å². The molecule has 0 bridgehead atoms. The summed E-state index contributed by atoms with van der Waals surface area (Å²) in [5.41, 5.74) is 0.788. The zero-order chi connectivity index (χ0) is 14.6. The van der Waals surface area contributed by atoms with Gasteiger partial charge in [0.2, 0.25) is 5.91 Å². The zero-order valence-electron chi connectivity index (χ0n) is 11.6. The SMILES string of the molecule is CC(SCc1ccc(Cl)cc1Cl)C(=O)NC(C)(C)C. The molecule has 2 nitrogen and oxygen atoms in total. The molecule has 0 saturated heterocycles. The molecule has 1 rings (SSSR count). The average molecular weight is 320 g/mol. The summed E-state index contributed by atoms with van der Waals surface area (Å²) in [6.45, 7) is 7.81. The summed E-state index contributed by atoms with van der Waals surface area (Å²) in [6.07, 6.45) is 0. The summed E-state index contributed by atoms with van der Waals surface area (Å²) in [6, 6.07) is 5.42. The molecule has 0 aromatic heterocycles. The van der Waals surface area contributed by atoms with E-state index >= 15 is 0 Å². The molecule has 0 radical (unpaired) electrons. The second-order valence-electron chi connectivity index (χ2n) is 5.43. The number of rotatable bonds is 4. The molecular weight excluding hydrogens is 301 g/mol. The van der Waals surface area contributed by atoms with Crippen molar-refractivity contribution in [1.82, 2.24) is 5.32 Å². The largest absolute Gasteiger partial charge is 0.351 e. The Kier molecular flexibility index (Phi) is 6.03. The van der Waals surface area contributed by atoms with Gasteiger partial charge in [-0.2, -0.15) is 0 Å². The lowest BCUT2D eigenvalue weighted by atomic mass is 10.1. The Morgan fingerprint density at radius 3 is 2.53 bits per heavy atom. The highest BCUT2D eigenvalue weighted by atomic mass is 35.5. The maximum absolute atomic E-state index is 11.9. The van der Waals surface area contributed by atoms with Gasteiger partial charge in [0.1, 0.15) is 0 Å². The van der Waals surface area contributed by atoms with Crippen molar-refractivity contribution in [2.45, 2.75) is 44.2 Å². The van der Waals surface area contributed by atoms with Gasteiger partial charge in [-0.05, 0) is 45.4 Å². The van der Waals surface area contributed by atoms with Crippen LogP contribution in [0.3, 0.4) is 0 Å². The Morgan fingerprint density at radius 1 is 1.37 bits per heavy atom. The normalized spacial score (nSPS) is 13.2. The Hall–Kier alpha value is -0.380. The lowest BCUT2D eigenvalue weighted by Gasteiger charge is -2.23. The van der Waals surface area contributed by atoms with Crippen molar-refractivity contribution in [3.8, 4) is 0 Å². The molecule has 1 unspecified atom stereocenters. The van der Waals surface area contributed by atoms with E-state index in [1.807, 2.05) is 39.8 Å². The number of hydrogen-bond donors (Lipinski definition) is 1. The number of carbonyl (C=O) groups excluding carboxylic acids is 1. The van der Waals surface area contributed by atoms with Gasteiger partial charge in [0, 0.05) is 21.3 Å². The van der Waals surface area contributed by atoms with Crippen molar-refractivity contribution >= 4 is 40.9 Å². The smallest absolute Gasteiger partial charge is 0.233 e. The topological polar surface area (TPSA) is 29.1 Å². The van der Waals surface area contributed by atoms with Crippen LogP contribution >= 0.6 is 35.0 Å². The predicted octanol–water partition coefficient (Wildman–Crippen LogP) is 4.53. The highest BCUT2D eigenvalue weighted by molar-refractivity contribution is 7.99. The highest BCUT2D eigenvalue weighted by Crippen LogP contribution is 2.26. The molecule has 1 aromatic carbocycles. The number of nitrogens with one attached hydrogen (secondary N) is 1. The fraction of sp³-hybridized carbons (Fsp3) is 0.500. The summed E-state index contributed by atoms with van der Waals surface area (Å²) >= 11 is 13.5. The summed E-state index contributed by atoms with van der Waals surface area (Å²) < 4.78 is 0. The second kappa shape index (κ2) is 6.87. The summed E-state index contributed by atoms with van der Waals surface area (Å²) in [7, 11) is 0. The third kappa shape index (κ3) is 6.07. The van der Waals surface area contributed by atoms with Crippen LogP contribution in [-0.4, -0.2) is 16.7 Å². The standard InChI is InChI=1S/C14H19Cl2NOS/c1-9(13(18)17-14(2,3)4)19-8-10-5-6-11(15)7-12(10)16/h5-7,9H,8H2,1-4H3,(H,17,18). The third-order valence-electron chi connectivity index (χ3n) is 2.37. The molecule has 0 aliphatic heterocycles. The monoisotopic (exact) mass is 319 g/mol. The van der Waals surface area contributed by atoms with Gasteiger partial charge in [-0.1, -0.05) is 29.3 Å². The number of hydrogen-bond acceptors (Lipinski definition) is 2. The van der Waals surface area contributed by atoms with Crippen LogP contribution in [0.2, 0.25) is 10.0 Å². The van der Waals surface area contributed by atoms with Crippen LogP contribution in [0.5, 0.6) is 0 Å². The van der Waals surface area contributed by atoms with Gasteiger partial charge in [-0.25, -0.2) is 0 Å². The van der Waals surface area contributed by atoms with Gasteiger partial charge < -0.3 is 5.32 Å². The van der Waals surface area contributed by atoms with E-state index in [2.05, 4.69) is 5.32 Å². The number of carbonyl (C=O) groups is 1. The van der Waals surface area contributed by atoms with Gasteiger partial charge in [0.05, 0.1) is 5.25 Å². The first-order valence-corrected chi connectivity index (χ1v) is 7.87. The summed E-state index contributed by atoms with van der Waals surface area (Å²) in [5.74, 6) is 0.733. The van der Waals surface area contributed by atoms with Crippen molar-refractivity contribution in [3.05, 3.63) is 33.8 Å². The first kappa shape index (κ1) is 16.7. The maximum atomic E-state index is 11.9. The molecule has 0 aliphatic carbocycles. The first-order chi connectivity index (χ1) is 8.69. The minimum Gasteiger partial charge on any atom is -0.351 e. The van der Waals surface area contributed by atoms with Crippen LogP contribution in [0.1, 0.15) is 33.3 Å². The molecule has 0 spiro atoms. The minimum atomic E-state index is -0.205. The molecular formula is C14H19Cl2NOS. The molecule has 0 heterocycles. The van der Waals surface area contributed by atoms with Crippen LogP contribution in [0.25, 0.3) is 0 Å². The summed E-state index contributed by atoms with van der Waals surface area (Å²) in [4.78, 5) is 11.9. The van der Waals surface area contributed by atoms with E-state index in [9.17, 15) is 4.79 Å². The van der Waals surface area contributed by atoms with Gasteiger partial charge in [-0.15, -0.1) is 11.8 Å². The molecule has 1 amide bonds. The first-order valence-electron chi connectivity index (χ1n) is 6.06. The van der Waals surface area contributed by atoms with Crippen molar-refractivity contribution in [2.24, 2.45) is 0 Å². The fourth-order valence-corrected chi connectivity index (χ4v) is 2.85. The second-order valence-corrected chi connectivity index (χ2v) is 7.60. The van der Waals surface area contributed by atoms with Gasteiger partial charge in [-0.3, -0.25) is 4.79 Å². The molecule has 0 aliphatic rings. The lowest BCUT2D eigenvalue weighted by Crippen LogP contribution is -2.44. The Labute approximate surface area is 129 Å². The molecule has 5 heteroatoms. The van der Waals surface area contributed by atoms with Crippen molar-refractivity contribution in [3.63, 3.8) is 0 Å². The molecule has 19 heavy (non-hydrogen) atoms. The van der Waals surface area contributed by atoms with E-state index < -0.39 is 0 Å². The van der Waals surface area contributed by atoms with Crippen molar-refractivity contribution in [1.29, 1.82) is 0 Å². The van der Waals surface area contributed by atoms with Crippen LogP contribution in [0.15, 0.2) is 18.2 Å². The third-order valence-corrected chi connectivity index (χ3v) is 4.15. The van der Waals surface area contributed by atoms with E-state index in [1.165, 1.54) is 0 Å². The van der Waals surface area contributed by atoms with Crippen LogP contribution in [0.4, 0.5) is 0 Å². The maximum Gasteiger partial charge on any atom is 0.233 e. The van der Waals surface area contributed by atoms with Crippen molar-refractivity contribution < 1.29 is 4.79 Å². The van der Waals surface area contributed by atoms with E-state index in [1.54, 1.807) is 17.8 Å². The number of halogens is 2. The quantitative estimate of drug-likeness (QED) is 0.883. The fourth-order valence-electron chi connectivity index (χ4n) is 1.40. The Morgan fingerprint density at radius 2 is 2.00 bits per heavy atom. The minimum absolute atomic E-state index is 0.0441. The predicted molar refractivity (Wildman–Crippen MR) is 85.1 cm³/mol. The Bertz CT molecular complexity index is 457. The summed E-state index contributed by atoms with van der Waals surface area (Å²) in [5, 5.41) is 4.11. The molecule has 106 valence electrons. The van der Waals surface area contributed by atoms with Gasteiger partial charge >= 0.3 is 0 Å². The van der Waals surface area contributed by atoms with Gasteiger partial charge in [0.15, 0.2) is 0 Å². The van der Waals surface area contributed by atoms with Crippen LogP contribution < -0.4 is 5.32 Å². The van der Waals surface area contributed by atoms with Gasteiger partial charge in [0.25, 0.3) is 0 Å². The zero-order valence-corrected chi connectivity index (χ0v) is 13.9. The molecule has 1 atom stereocenters. The number of thioether (sulfide) groups is 1.